The summed E-state index contributed by atoms with van der Waals surface area (Å²) >= 11 is 0. The molecule has 0 unspecified atom stereocenters. The van der Waals surface area contributed by atoms with Crippen molar-refractivity contribution in [2.24, 2.45) is 7.05 Å². The summed E-state index contributed by atoms with van der Waals surface area (Å²) in [6.45, 7) is 1.88. The normalized spacial score (nSPS) is 16.7. The summed E-state index contributed by atoms with van der Waals surface area (Å²) in [5, 5.41) is 10.3. The monoisotopic (exact) mass is 480 g/mol. The Hall–Kier alpha value is -4.21. The number of ether oxygens (including phenoxy) is 4. The minimum Gasteiger partial charge on any atom is -0.497 e. The van der Waals surface area contributed by atoms with E-state index in [0.29, 0.717) is 28.8 Å². The number of anilines is 1. The second-order valence-corrected chi connectivity index (χ2v) is 8.08. The number of aromatic nitrogens is 2. The number of carbonyl (C=O) groups excluding carboxylic acids is 2. The molecule has 2 atom stereocenters. The molecule has 0 bridgehead atoms. The maximum absolute atomic E-state index is 13.4. The zero-order valence-electron chi connectivity index (χ0n) is 20.5. The van der Waals surface area contributed by atoms with Crippen LogP contribution in [-0.2, 0) is 11.8 Å². The van der Waals surface area contributed by atoms with Gasteiger partial charge in [0.25, 0.3) is 5.91 Å². The van der Waals surface area contributed by atoms with E-state index in [4.69, 9.17) is 18.9 Å². The van der Waals surface area contributed by atoms with Gasteiger partial charge >= 0.3 is 0 Å². The lowest BCUT2D eigenvalue weighted by molar-refractivity contribution is -0.118. The molecule has 2 aromatic carbocycles. The molecule has 1 aromatic heterocycles. The Labute approximate surface area is 203 Å². The van der Waals surface area contributed by atoms with Gasteiger partial charge in [-0.15, -0.1) is 0 Å². The molecule has 1 aliphatic rings. The average Bonchev–Trinajstić information content (AvgIpc) is 3.15. The Bertz CT molecular complexity index is 1240. The van der Waals surface area contributed by atoms with Crippen molar-refractivity contribution in [2.75, 3.05) is 33.8 Å². The summed E-state index contributed by atoms with van der Waals surface area (Å²) in [5.41, 5.74) is 2.70. The van der Waals surface area contributed by atoms with Crippen LogP contribution in [-0.4, -0.2) is 56.1 Å². The number of nitrogens with zero attached hydrogens (tertiary/aromatic N) is 2. The predicted octanol–water partition coefficient (Wildman–Crippen LogP) is 2.65. The van der Waals surface area contributed by atoms with Crippen molar-refractivity contribution in [2.45, 2.75) is 18.9 Å². The van der Waals surface area contributed by atoms with Crippen LogP contribution in [0.3, 0.4) is 0 Å². The van der Waals surface area contributed by atoms with Crippen molar-refractivity contribution in [3.8, 4) is 23.0 Å². The second-order valence-electron chi connectivity index (χ2n) is 8.08. The molecule has 2 amide bonds. The average molecular weight is 481 g/mol. The quantitative estimate of drug-likeness (QED) is 0.535. The smallest absolute Gasteiger partial charge is 0.252 e. The summed E-state index contributed by atoms with van der Waals surface area (Å²) in [6, 6.07) is 9.61. The molecule has 1 aliphatic heterocycles. The molecule has 2 N–H and O–H groups in total. The Morgan fingerprint density at radius 1 is 1.00 bits per heavy atom. The van der Waals surface area contributed by atoms with Crippen LogP contribution >= 0.6 is 0 Å². The van der Waals surface area contributed by atoms with Gasteiger partial charge in [-0.25, -0.2) is 0 Å². The topological polar surface area (TPSA) is 113 Å². The molecule has 184 valence electrons. The Balaban J connectivity index is 1.76. The summed E-state index contributed by atoms with van der Waals surface area (Å²) in [6.07, 6.45) is 0. The molecule has 4 rings (SSSR count). The lowest BCUT2D eigenvalue weighted by atomic mass is 9.82. The number of carbonyl (C=O) groups is 2. The Kier molecular flexibility index (Phi) is 6.54. The Morgan fingerprint density at radius 3 is 2.17 bits per heavy atom. The van der Waals surface area contributed by atoms with Crippen LogP contribution in [0.25, 0.3) is 0 Å². The fourth-order valence-electron chi connectivity index (χ4n) is 4.46. The molecule has 10 nitrogen and oxygen atoms in total. The minimum atomic E-state index is -0.898. The number of benzene rings is 2. The molecule has 0 radical (unpaired) electrons. The number of methoxy groups -OCH3 is 4. The fraction of sp³-hybridized carbons (Fsp3) is 0.320. The highest BCUT2D eigenvalue weighted by atomic mass is 16.5. The first-order valence-electron chi connectivity index (χ1n) is 10.9. The van der Waals surface area contributed by atoms with Crippen LogP contribution < -0.4 is 29.6 Å². The summed E-state index contributed by atoms with van der Waals surface area (Å²) in [5.74, 6) is 1.05. The molecule has 0 aliphatic carbocycles. The molecule has 0 spiro atoms. The SMILES string of the molecule is COc1ccc([C@@H]2c3c(C)nn(C)c3NC(=O)[C@H]2NC(=O)c2cc(OC)c(OC)c(OC)c2)cc1. The van der Waals surface area contributed by atoms with Crippen molar-refractivity contribution in [3.05, 3.63) is 58.8 Å². The molecule has 0 fully saturated rings. The summed E-state index contributed by atoms with van der Waals surface area (Å²) in [4.78, 5) is 26.7. The zero-order chi connectivity index (χ0) is 25.3. The summed E-state index contributed by atoms with van der Waals surface area (Å²) < 4.78 is 23.0. The van der Waals surface area contributed by atoms with Crippen LogP contribution in [0.15, 0.2) is 36.4 Å². The third-order valence-electron chi connectivity index (χ3n) is 6.13. The van der Waals surface area contributed by atoms with Crippen molar-refractivity contribution in [3.63, 3.8) is 0 Å². The first-order valence-corrected chi connectivity index (χ1v) is 10.9. The lowest BCUT2D eigenvalue weighted by Gasteiger charge is -2.32. The van der Waals surface area contributed by atoms with Gasteiger partial charge in [0.2, 0.25) is 11.7 Å². The maximum Gasteiger partial charge on any atom is 0.252 e. The molecule has 3 aromatic rings. The number of fused-ring (bicyclic) bond motifs is 1. The molecule has 10 heteroatoms. The highest BCUT2D eigenvalue weighted by molar-refractivity contribution is 6.04. The van der Waals surface area contributed by atoms with Gasteiger partial charge in [-0.2, -0.15) is 5.10 Å². The molecule has 0 saturated heterocycles. The molecular formula is C25H28N4O6. The van der Waals surface area contributed by atoms with Gasteiger partial charge in [0.15, 0.2) is 11.5 Å². The Morgan fingerprint density at radius 2 is 1.63 bits per heavy atom. The van der Waals surface area contributed by atoms with Gasteiger partial charge in [-0.1, -0.05) is 12.1 Å². The largest absolute Gasteiger partial charge is 0.497 e. The van der Waals surface area contributed by atoms with Gasteiger partial charge < -0.3 is 29.6 Å². The van der Waals surface area contributed by atoms with Crippen LogP contribution in [0.4, 0.5) is 5.82 Å². The number of hydrogen-bond donors (Lipinski definition) is 2. The van der Waals surface area contributed by atoms with Crippen molar-refractivity contribution in [1.82, 2.24) is 15.1 Å². The number of hydrogen-bond acceptors (Lipinski definition) is 7. The first kappa shape index (κ1) is 23.9. The highest BCUT2D eigenvalue weighted by Gasteiger charge is 2.41. The number of aryl methyl sites for hydroxylation is 2. The third kappa shape index (κ3) is 4.23. The highest BCUT2D eigenvalue weighted by Crippen LogP contribution is 2.41. The predicted molar refractivity (Wildman–Crippen MR) is 129 cm³/mol. The van der Waals surface area contributed by atoms with Crippen molar-refractivity contribution >= 4 is 17.6 Å². The van der Waals surface area contributed by atoms with Crippen LogP contribution in [0.1, 0.15) is 33.1 Å². The third-order valence-corrected chi connectivity index (χ3v) is 6.13. The van der Waals surface area contributed by atoms with E-state index in [1.807, 2.05) is 31.2 Å². The van der Waals surface area contributed by atoms with Gasteiger partial charge in [0, 0.05) is 24.1 Å². The van der Waals surface area contributed by atoms with E-state index in [1.165, 1.54) is 21.3 Å². The lowest BCUT2D eigenvalue weighted by Crippen LogP contribution is -2.50. The molecular weight excluding hydrogens is 452 g/mol. The second kappa shape index (κ2) is 9.57. The number of nitrogens with one attached hydrogen (secondary N) is 2. The standard InChI is InChI=1S/C25H28N4O6/c1-13-19-20(14-7-9-16(32-3)10-8-14)21(25(31)27-23(19)29(2)28-13)26-24(30)15-11-17(33-4)22(35-6)18(12-15)34-5/h7-12,20-21H,1-6H3,(H,26,30)(H,27,31)/t20-,21+/m1/s1. The van der Waals surface area contributed by atoms with Crippen LogP contribution in [0.2, 0.25) is 0 Å². The van der Waals surface area contributed by atoms with Gasteiger partial charge in [0.1, 0.15) is 17.6 Å². The van der Waals surface area contributed by atoms with Crippen LogP contribution in [0, 0.1) is 6.92 Å². The van der Waals surface area contributed by atoms with E-state index >= 15 is 0 Å². The first-order chi connectivity index (χ1) is 16.8. The molecule has 35 heavy (non-hydrogen) atoms. The van der Waals surface area contributed by atoms with Crippen LogP contribution in [0.5, 0.6) is 23.0 Å². The van der Waals surface area contributed by atoms with E-state index < -0.39 is 17.9 Å². The number of rotatable bonds is 7. The van der Waals surface area contributed by atoms with Gasteiger partial charge in [-0.3, -0.25) is 14.3 Å². The van der Waals surface area contributed by atoms with E-state index in [-0.39, 0.29) is 11.5 Å². The van der Waals surface area contributed by atoms with Crippen molar-refractivity contribution < 1.29 is 28.5 Å². The zero-order valence-corrected chi connectivity index (χ0v) is 20.5. The maximum atomic E-state index is 13.4. The fourth-order valence-corrected chi connectivity index (χ4v) is 4.46. The van der Waals surface area contributed by atoms with Crippen molar-refractivity contribution in [1.29, 1.82) is 0 Å². The molecule has 0 saturated carbocycles. The molecule has 2 heterocycles. The van der Waals surface area contributed by atoms with Gasteiger partial charge in [-0.05, 0) is 36.8 Å². The van der Waals surface area contributed by atoms with E-state index in [2.05, 4.69) is 15.7 Å². The van der Waals surface area contributed by atoms with E-state index in [1.54, 1.807) is 31.0 Å². The number of amides is 2. The van der Waals surface area contributed by atoms with Gasteiger partial charge in [0.05, 0.1) is 34.1 Å². The van der Waals surface area contributed by atoms with E-state index in [0.717, 1.165) is 16.8 Å². The summed E-state index contributed by atoms with van der Waals surface area (Å²) in [7, 11) is 7.79. The minimum absolute atomic E-state index is 0.259. The van der Waals surface area contributed by atoms with E-state index in [9.17, 15) is 9.59 Å².